The summed E-state index contributed by atoms with van der Waals surface area (Å²) >= 11 is 1.72. The number of fused-ring (bicyclic) bond motifs is 1. The third-order valence-electron chi connectivity index (χ3n) is 4.31. The number of thioether (sulfide) groups is 1. The molecule has 2 heterocycles. The third kappa shape index (κ3) is 4.06. The maximum atomic E-state index is 9.23. The van der Waals surface area contributed by atoms with Gasteiger partial charge in [0.25, 0.3) is 5.70 Å². The van der Waals surface area contributed by atoms with Gasteiger partial charge in [0.05, 0.1) is 23.4 Å². The van der Waals surface area contributed by atoms with E-state index in [0.29, 0.717) is 11.3 Å². The molecule has 28 heavy (non-hydrogen) atoms. The molecule has 2 aliphatic rings. The molecule has 0 saturated carbocycles. The number of hydrogen-bond donors (Lipinski definition) is 0. The number of rotatable bonds is 2. The van der Waals surface area contributed by atoms with Crippen molar-refractivity contribution in [3.8, 4) is 6.07 Å². The second-order valence-corrected chi connectivity index (χ2v) is 8.49. The van der Waals surface area contributed by atoms with Crippen LogP contribution in [0.5, 0.6) is 0 Å². The normalized spacial score (nSPS) is 19.5. The first-order chi connectivity index (χ1) is 13.3. The SMILES string of the molecule is [C-]#[N+]C(C#N)=C1C=C(C=CC=C2Sc3ccccc3N2C)OC(C(C)(C)C)=C1. The molecular formula is C23H21N3OS. The molecule has 0 spiro atoms. The van der Waals surface area contributed by atoms with Crippen LogP contribution in [0.1, 0.15) is 20.8 Å². The van der Waals surface area contributed by atoms with Crippen LogP contribution in [-0.4, -0.2) is 7.05 Å². The minimum Gasteiger partial charge on any atom is -0.461 e. The number of allylic oxidation sites excluding steroid dienone is 8. The van der Waals surface area contributed by atoms with Crippen molar-refractivity contribution < 1.29 is 4.74 Å². The smallest absolute Gasteiger partial charge is 0.269 e. The molecule has 3 rings (SSSR count). The van der Waals surface area contributed by atoms with Gasteiger partial charge in [-0.3, -0.25) is 0 Å². The van der Waals surface area contributed by atoms with E-state index in [9.17, 15) is 5.26 Å². The van der Waals surface area contributed by atoms with Crippen LogP contribution in [0.4, 0.5) is 5.69 Å². The Morgan fingerprint density at radius 1 is 1.29 bits per heavy atom. The Hall–Kier alpha value is -3.15. The quantitative estimate of drug-likeness (QED) is 0.450. The molecule has 1 aromatic carbocycles. The standard InChI is InChI=1S/C23H21N3OS/c1-23(2,3)21-14-16(18(15-24)25-4)13-17(27-21)9-8-12-22-26(5)19-10-6-7-11-20(19)28-22/h6-14H,1-3,5H3. The summed E-state index contributed by atoms with van der Waals surface area (Å²) in [6, 6.07) is 10.3. The highest BCUT2D eigenvalue weighted by atomic mass is 32.2. The molecule has 0 aromatic heterocycles. The average molecular weight is 388 g/mol. The predicted molar refractivity (Wildman–Crippen MR) is 114 cm³/mol. The van der Waals surface area contributed by atoms with Crippen LogP contribution >= 0.6 is 11.8 Å². The fourth-order valence-corrected chi connectivity index (χ4v) is 3.82. The van der Waals surface area contributed by atoms with E-state index in [0.717, 1.165) is 10.8 Å². The minimum absolute atomic E-state index is 0.0656. The Kier molecular flexibility index (Phi) is 5.49. The third-order valence-corrected chi connectivity index (χ3v) is 5.50. The molecule has 0 unspecified atom stereocenters. The lowest BCUT2D eigenvalue weighted by molar-refractivity contribution is 0.223. The summed E-state index contributed by atoms with van der Waals surface area (Å²) in [6.45, 7) is 13.3. The number of anilines is 1. The largest absolute Gasteiger partial charge is 0.461 e. The van der Waals surface area contributed by atoms with Crippen LogP contribution in [-0.2, 0) is 4.74 Å². The summed E-state index contributed by atoms with van der Waals surface area (Å²) in [6.07, 6.45) is 9.35. The van der Waals surface area contributed by atoms with Crippen molar-refractivity contribution in [3.63, 3.8) is 0 Å². The van der Waals surface area contributed by atoms with Crippen LogP contribution < -0.4 is 4.90 Å². The molecule has 0 atom stereocenters. The zero-order chi connectivity index (χ0) is 20.3. The zero-order valence-electron chi connectivity index (χ0n) is 16.4. The van der Waals surface area contributed by atoms with E-state index in [1.54, 1.807) is 23.9 Å². The van der Waals surface area contributed by atoms with E-state index in [2.05, 4.69) is 21.9 Å². The van der Waals surface area contributed by atoms with E-state index >= 15 is 0 Å². The summed E-state index contributed by atoms with van der Waals surface area (Å²) in [4.78, 5) is 6.72. The minimum atomic E-state index is -0.233. The monoisotopic (exact) mass is 387 g/mol. The first-order valence-electron chi connectivity index (χ1n) is 8.86. The van der Waals surface area contributed by atoms with Gasteiger partial charge in [0.1, 0.15) is 11.5 Å². The zero-order valence-corrected chi connectivity index (χ0v) is 17.2. The summed E-state index contributed by atoms with van der Waals surface area (Å²) in [5.74, 6) is 1.34. The Balaban J connectivity index is 1.87. The number of ether oxygens (including phenoxy) is 1. The Bertz CT molecular complexity index is 1020. The molecule has 0 saturated heterocycles. The van der Waals surface area contributed by atoms with Gasteiger partial charge < -0.3 is 9.64 Å². The van der Waals surface area contributed by atoms with Crippen LogP contribution in [0.25, 0.3) is 4.85 Å². The second kappa shape index (κ2) is 7.84. The maximum Gasteiger partial charge on any atom is 0.269 e. The molecular weight excluding hydrogens is 366 g/mol. The molecule has 5 heteroatoms. The Labute approximate surface area is 170 Å². The van der Waals surface area contributed by atoms with E-state index in [-0.39, 0.29) is 11.1 Å². The molecule has 0 N–H and O–H groups in total. The topological polar surface area (TPSA) is 40.6 Å². The van der Waals surface area contributed by atoms with Gasteiger partial charge >= 0.3 is 0 Å². The van der Waals surface area contributed by atoms with Crippen molar-refractivity contribution in [1.82, 2.24) is 0 Å². The van der Waals surface area contributed by atoms with Crippen LogP contribution in [0.3, 0.4) is 0 Å². The first-order valence-corrected chi connectivity index (χ1v) is 9.67. The Morgan fingerprint density at radius 2 is 2.04 bits per heavy atom. The predicted octanol–water partition coefficient (Wildman–Crippen LogP) is 6.17. The van der Waals surface area contributed by atoms with Crippen molar-refractivity contribution in [2.24, 2.45) is 5.41 Å². The van der Waals surface area contributed by atoms with Crippen molar-refractivity contribution in [2.75, 3.05) is 11.9 Å². The summed E-state index contributed by atoms with van der Waals surface area (Å²) in [5, 5.41) is 10.4. The van der Waals surface area contributed by atoms with E-state index in [1.807, 2.05) is 64.2 Å². The summed E-state index contributed by atoms with van der Waals surface area (Å²) in [5.41, 5.74) is 1.61. The summed E-state index contributed by atoms with van der Waals surface area (Å²) < 4.78 is 6.01. The van der Waals surface area contributed by atoms with Gasteiger partial charge in [-0.25, -0.2) is 10.1 Å². The van der Waals surface area contributed by atoms with Gasteiger partial charge in [-0.05, 0) is 42.0 Å². The highest BCUT2D eigenvalue weighted by Gasteiger charge is 2.24. The number of para-hydroxylation sites is 1. The molecule has 0 bridgehead atoms. The average Bonchev–Trinajstić information content (AvgIpc) is 2.98. The number of nitriles is 1. The van der Waals surface area contributed by atoms with Crippen molar-refractivity contribution >= 4 is 17.4 Å². The van der Waals surface area contributed by atoms with E-state index < -0.39 is 0 Å². The number of nitrogens with zero attached hydrogens (tertiary/aromatic N) is 3. The van der Waals surface area contributed by atoms with Gasteiger partial charge in [-0.15, -0.1) is 0 Å². The summed E-state index contributed by atoms with van der Waals surface area (Å²) in [7, 11) is 2.05. The highest BCUT2D eigenvalue weighted by molar-refractivity contribution is 8.03. The molecule has 0 aliphatic carbocycles. The van der Waals surface area contributed by atoms with Crippen molar-refractivity contribution in [2.45, 2.75) is 25.7 Å². The fraction of sp³-hybridized carbons (Fsp3) is 0.217. The van der Waals surface area contributed by atoms with Crippen LogP contribution in [0.2, 0.25) is 0 Å². The molecule has 2 aliphatic heterocycles. The van der Waals surface area contributed by atoms with Gasteiger partial charge in [0.2, 0.25) is 0 Å². The second-order valence-electron chi connectivity index (χ2n) is 7.43. The van der Waals surface area contributed by atoms with Gasteiger partial charge in [0, 0.05) is 17.4 Å². The van der Waals surface area contributed by atoms with Crippen LogP contribution in [0.15, 0.2) is 87.4 Å². The highest BCUT2D eigenvalue weighted by Crippen LogP contribution is 2.44. The lowest BCUT2D eigenvalue weighted by atomic mass is 9.91. The maximum absolute atomic E-state index is 9.23. The fourth-order valence-electron chi connectivity index (χ4n) is 2.76. The lowest BCUT2D eigenvalue weighted by Crippen LogP contribution is -2.15. The van der Waals surface area contributed by atoms with Crippen molar-refractivity contribution in [1.29, 1.82) is 5.26 Å². The van der Waals surface area contributed by atoms with Crippen LogP contribution in [0, 0.1) is 23.3 Å². The van der Waals surface area contributed by atoms with E-state index in [4.69, 9.17) is 11.3 Å². The molecule has 4 nitrogen and oxygen atoms in total. The lowest BCUT2D eigenvalue weighted by Gasteiger charge is -2.26. The van der Waals surface area contributed by atoms with Gasteiger partial charge in [-0.1, -0.05) is 50.7 Å². The Morgan fingerprint density at radius 3 is 2.68 bits per heavy atom. The number of hydrogen-bond acceptors (Lipinski definition) is 4. The van der Waals surface area contributed by atoms with E-state index in [1.165, 1.54) is 10.6 Å². The van der Waals surface area contributed by atoms with Gasteiger partial charge in [0.15, 0.2) is 0 Å². The molecule has 0 amide bonds. The molecule has 0 radical (unpaired) electrons. The molecule has 0 fully saturated rings. The molecule has 1 aromatic rings. The van der Waals surface area contributed by atoms with Gasteiger partial charge in [-0.2, -0.15) is 0 Å². The molecule has 140 valence electrons. The first kappa shape index (κ1) is 19.6. The number of benzene rings is 1. The van der Waals surface area contributed by atoms with Crippen molar-refractivity contribution in [3.05, 3.63) is 93.9 Å².